The molecule has 0 bridgehead atoms. The molecule has 1 aliphatic heterocycles. The number of unbranched alkanes of at least 4 members (excludes halogenated alkanes) is 3. The highest BCUT2D eigenvalue weighted by Crippen LogP contribution is 2.32. The number of hydrogen-bond donors (Lipinski definition) is 8. The van der Waals surface area contributed by atoms with Crippen LogP contribution in [-0.4, -0.2) is 140 Å². The van der Waals surface area contributed by atoms with E-state index in [1.807, 2.05) is 18.3 Å². The van der Waals surface area contributed by atoms with Crippen molar-refractivity contribution in [1.29, 1.82) is 5.26 Å². The number of halogens is 6. The summed E-state index contributed by atoms with van der Waals surface area (Å²) < 4.78 is 106. The molecule has 2 heterocycles. The van der Waals surface area contributed by atoms with E-state index in [2.05, 4.69) is 31.0 Å². The first kappa shape index (κ1) is 62.6. The number of carbonyl (C=O) groups excluding carboxylic acids is 3. The van der Waals surface area contributed by atoms with Crippen molar-refractivity contribution in [2.45, 2.75) is 82.2 Å². The molecule has 28 heteroatoms. The van der Waals surface area contributed by atoms with Crippen LogP contribution in [0.5, 0.6) is 17.2 Å². The maximum atomic E-state index is 13.7. The molecule has 1 aromatic heterocycles. The minimum atomic E-state index is -2.40. The van der Waals surface area contributed by atoms with Gasteiger partial charge in [0, 0.05) is 48.6 Å². The van der Waals surface area contributed by atoms with Gasteiger partial charge in [-0.2, -0.15) is 14.0 Å². The highest BCUT2D eigenvalue weighted by molar-refractivity contribution is 6.30. The Morgan fingerprint density at radius 1 is 0.722 bits per heavy atom. The number of aliphatic carboxylic acids is 1. The second-order valence-corrected chi connectivity index (χ2v) is 17.5. The van der Waals surface area contributed by atoms with Gasteiger partial charge < -0.3 is 69.5 Å². The Labute approximate surface area is 453 Å². The van der Waals surface area contributed by atoms with Gasteiger partial charge in [-0.15, -0.1) is 0 Å². The number of carboxylic acid groups (broad SMARTS) is 1. The van der Waals surface area contributed by atoms with Crippen molar-refractivity contribution in [3.8, 4) is 23.4 Å². The minimum Gasteiger partial charge on any atom is -0.494 e. The number of benzene rings is 3. The van der Waals surface area contributed by atoms with Crippen LogP contribution in [0.1, 0.15) is 50.5 Å². The van der Waals surface area contributed by atoms with E-state index < -0.39 is 95.7 Å². The topological polar surface area (TPSA) is 302 Å². The number of guanidine groups is 1. The lowest BCUT2D eigenvalue weighted by Crippen LogP contribution is -2.61. The molecule has 79 heavy (non-hydrogen) atoms. The Bertz CT molecular complexity index is 2700. The predicted molar refractivity (Wildman–Crippen MR) is 267 cm³/mol. The zero-order valence-corrected chi connectivity index (χ0v) is 42.9. The minimum absolute atomic E-state index is 0.0175. The lowest BCUT2D eigenvalue weighted by molar-refractivity contribution is -0.688. The van der Waals surface area contributed by atoms with Gasteiger partial charge in [0.25, 0.3) is 0 Å². The number of carboxylic acids is 1. The number of amides is 2. The van der Waals surface area contributed by atoms with Crippen LogP contribution in [-0.2, 0) is 44.7 Å². The number of pyridine rings is 1. The number of nitrogens with zero attached hydrogens (tertiary/aromatic N) is 3. The van der Waals surface area contributed by atoms with E-state index in [4.69, 9.17) is 40.0 Å². The quantitative estimate of drug-likeness (QED) is 0.00302. The molecule has 0 spiro atoms. The Balaban J connectivity index is 1.04. The molecular weight excluding hydrogens is 1080 g/mol. The van der Waals surface area contributed by atoms with Gasteiger partial charge >= 0.3 is 11.9 Å². The van der Waals surface area contributed by atoms with Crippen LogP contribution in [0.15, 0.2) is 72.0 Å². The molecule has 5 atom stereocenters. The molecule has 4 aromatic rings. The number of nitrogens with one attached hydrogen (secondary N) is 4. The fourth-order valence-corrected chi connectivity index (χ4v) is 7.23. The monoisotopic (exact) mass is 1140 g/mol. The van der Waals surface area contributed by atoms with E-state index in [9.17, 15) is 66.8 Å². The van der Waals surface area contributed by atoms with Crippen molar-refractivity contribution < 1.29 is 99.3 Å². The fourth-order valence-electron chi connectivity index (χ4n) is 7.10. The van der Waals surface area contributed by atoms with Crippen LogP contribution in [0.2, 0.25) is 5.02 Å². The molecular formula is C51H58ClF5N7O15+. The Hall–Kier alpha value is -7.29. The second kappa shape index (κ2) is 32.6. The number of nitriles is 1. The van der Waals surface area contributed by atoms with Gasteiger partial charge in [-0.1, -0.05) is 18.0 Å². The van der Waals surface area contributed by atoms with Crippen molar-refractivity contribution in [1.82, 2.24) is 10.6 Å². The second-order valence-electron chi connectivity index (χ2n) is 17.1. The number of aliphatic imine (C=N–C) groups is 1. The zero-order chi connectivity index (χ0) is 57.3. The summed E-state index contributed by atoms with van der Waals surface area (Å²) in [5, 5.41) is 61.5. The molecule has 2 amide bonds. The normalized spacial score (nSPS) is 17.1. The van der Waals surface area contributed by atoms with E-state index in [-0.39, 0.29) is 83.0 Å². The lowest BCUT2D eigenvalue weighted by atomic mass is 9.99. The third-order valence-electron chi connectivity index (χ3n) is 11.2. The van der Waals surface area contributed by atoms with Crippen molar-refractivity contribution in [3.63, 3.8) is 0 Å². The SMILES string of the molecule is N#CNC(=NCCCCCCOc1ccc(Cl)cc1)Nc1cc[n+](Cc2ccc(O[C@@H]3O[C@H](C(=O)O)[C@@H](O)[C@H](O)[C@H]3O)c(NC(=O)CCNC(=O)CCOCCOCCOCCC(=O)Oc3c(F)c(F)c(F)c(F)c3F)c2)cc1. The average molecular weight is 1140 g/mol. The standard InChI is InChI=1S/C51H57ClF5N7O15/c52-31-6-8-33(9-7-31)76-20-4-2-1-3-16-60-51(61-29-58)62-32-12-18-64(19-13-32)28-30-5-10-35(77-50-46(70)44(68)45(69)48(79-50)49(71)72)34(27-30)63-37(66)11-17-59-36(65)14-21-73-23-25-75-26-24-74-22-15-38(67)78-47-42(56)40(54)39(53)41(55)43(47)57/h5-10,12-13,18-19,27,44-46,48,50,68-70H,1-4,11,14-17,20-26,28H2,(H4,59,60,61,63,65,66,71,72)/p+1/t44-,45-,46+,48-,50+/m0/s1. The average Bonchev–Trinajstić information content (AvgIpc) is 3.43. The Kier molecular flexibility index (Phi) is 25.8. The highest BCUT2D eigenvalue weighted by atomic mass is 35.5. The summed E-state index contributed by atoms with van der Waals surface area (Å²) in [6, 6.07) is 15.2. The van der Waals surface area contributed by atoms with Crippen molar-refractivity contribution in [2.75, 3.05) is 70.0 Å². The Morgan fingerprint density at radius 2 is 1.35 bits per heavy atom. The maximum Gasteiger partial charge on any atom is 0.335 e. The number of hydrogen-bond acceptors (Lipinski definition) is 16. The maximum absolute atomic E-state index is 13.7. The number of carbonyl (C=O) groups is 4. The van der Waals surface area contributed by atoms with E-state index in [1.54, 1.807) is 53.4 Å². The van der Waals surface area contributed by atoms with Gasteiger partial charge in [0.15, 0.2) is 31.2 Å². The molecule has 1 fully saturated rings. The zero-order valence-electron chi connectivity index (χ0n) is 42.1. The van der Waals surface area contributed by atoms with E-state index in [0.717, 1.165) is 31.4 Å². The number of aliphatic hydroxyl groups is 3. The van der Waals surface area contributed by atoms with E-state index >= 15 is 0 Å². The van der Waals surface area contributed by atoms with Crippen LogP contribution >= 0.6 is 11.6 Å². The summed E-state index contributed by atoms with van der Waals surface area (Å²) in [5.74, 6) is -16.3. The summed E-state index contributed by atoms with van der Waals surface area (Å²) in [6.45, 7) is 0.946. The third-order valence-corrected chi connectivity index (χ3v) is 11.5. The summed E-state index contributed by atoms with van der Waals surface area (Å²) in [4.78, 5) is 53.7. The van der Waals surface area contributed by atoms with Crippen LogP contribution < -0.4 is 40.0 Å². The Morgan fingerprint density at radius 3 is 2.01 bits per heavy atom. The van der Waals surface area contributed by atoms with E-state index in [0.29, 0.717) is 29.4 Å². The molecule has 0 aliphatic carbocycles. The highest BCUT2D eigenvalue weighted by Gasteiger charge is 2.48. The fraction of sp³-hybridized carbons (Fsp3) is 0.431. The predicted octanol–water partition coefficient (Wildman–Crippen LogP) is 4.00. The summed E-state index contributed by atoms with van der Waals surface area (Å²) in [6.07, 6.45) is -1.62. The summed E-state index contributed by atoms with van der Waals surface area (Å²) >= 11 is 5.91. The number of aliphatic hydroxyl groups excluding tert-OH is 3. The molecule has 428 valence electrons. The number of esters is 1. The van der Waals surface area contributed by atoms with Gasteiger partial charge in [-0.05, 0) is 61.7 Å². The molecule has 0 radical (unpaired) electrons. The molecule has 1 saturated heterocycles. The molecule has 0 unspecified atom stereocenters. The van der Waals surface area contributed by atoms with Crippen molar-refractivity contribution in [2.24, 2.45) is 4.99 Å². The van der Waals surface area contributed by atoms with Crippen molar-refractivity contribution in [3.05, 3.63) is 107 Å². The van der Waals surface area contributed by atoms with Gasteiger partial charge in [0.1, 0.15) is 29.8 Å². The smallest absolute Gasteiger partial charge is 0.335 e. The first-order chi connectivity index (χ1) is 37.9. The summed E-state index contributed by atoms with van der Waals surface area (Å²) in [7, 11) is 0. The van der Waals surface area contributed by atoms with Gasteiger partial charge in [-0.25, -0.2) is 22.5 Å². The van der Waals surface area contributed by atoms with Crippen LogP contribution in [0, 0.1) is 40.5 Å². The van der Waals surface area contributed by atoms with Crippen LogP contribution in [0.25, 0.3) is 0 Å². The number of rotatable bonds is 31. The summed E-state index contributed by atoms with van der Waals surface area (Å²) in [5.41, 5.74) is 1.28. The van der Waals surface area contributed by atoms with Gasteiger partial charge in [0.2, 0.25) is 58.9 Å². The first-order valence-electron chi connectivity index (χ1n) is 24.5. The molecule has 1 aliphatic rings. The van der Waals surface area contributed by atoms with Crippen LogP contribution in [0.3, 0.4) is 0 Å². The van der Waals surface area contributed by atoms with E-state index in [1.165, 1.54) is 6.07 Å². The molecule has 5 rings (SSSR count). The number of anilines is 2. The molecule has 8 N–H and O–H groups in total. The number of ether oxygens (including phenoxy) is 7. The molecule has 3 aromatic carbocycles. The first-order valence-corrected chi connectivity index (χ1v) is 24.9. The lowest BCUT2D eigenvalue weighted by Gasteiger charge is -2.38. The van der Waals surface area contributed by atoms with Gasteiger partial charge in [-0.3, -0.25) is 24.7 Å². The third kappa shape index (κ3) is 20.5. The van der Waals surface area contributed by atoms with Crippen molar-refractivity contribution >= 4 is 52.7 Å². The largest absolute Gasteiger partial charge is 0.494 e. The number of aromatic nitrogens is 1. The molecule has 0 saturated carbocycles. The molecule has 22 nitrogen and oxygen atoms in total. The van der Waals surface area contributed by atoms with Gasteiger partial charge in [0.05, 0.1) is 64.0 Å². The van der Waals surface area contributed by atoms with Crippen LogP contribution in [0.4, 0.5) is 33.3 Å².